The SMILES string of the molecule is COc1ccc(Br)c(-c2nc(C(F)(F)F)cn2C)c1. The maximum absolute atomic E-state index is 12.6. The molecular weight excluding hydrogens is 325 g/mol. The number of nitrogens with zero attached hydrogens (tertiary/aromatic N) is 2. The highest BCUT2D eigenvalue weighted by atomic mass is 79.9. The van der Waals surface area contributed by atoms with Crippen LogP contribution in [0.25, 0.3) is 11.4 Å². The Morgan fingerprint density at radius 3 is 2.53 bits per heavy atom. The average Bonchev–Trinajstić information content (AvgIpc) is 2.72. The second kappa shape index (κ2) is 4.88. The molecule has 102 valence electrons. The highest BCUT2D eigenvalue weighted by Gasteiger charge is 2.34. The maximum Gasteiger partial charge on any atom is 0.434 e. The number of alkyl halides is 3. The largest absolute Gasteiger partial charge is 0.497 e. The number of ether oxygens (including phenoxy) is 1. The van der Waals surface area contributed by atoms with E-state index in [0.717, 1.165) is 6.20 Å². The van der Waals surface area contributed by atoms with Crippen LogP contribution in [0.3, 0.4) is 0 Å². The fraction of sp³-hybridized carbons (Fsp3) is 0.250. The van der Waals surface area contributed by atoms with Gasteiger partial charge >= 0.3 is 6.18 Å². The molecule has 0 aliphatic rings. The number of aromatic nitrogens is 2. The van der Waals surface area contributed by atoms with Crippen LogP contribution < -0.4 is 4.74 Å². The van der Waals surface area contributed by atoms with Gasteiger partial charge in [-0.25, -0.2) is 4.98 Å². The van der Waals surface area contributed by atoms with Crippen molar-refractivity contribution in [1.82, 2.24) is 9.55 Å². The quantitative estimate of drug-likeness (QED) is 0.833. The van der Waals surface area contributed by atoms with E-state index in [1.807, 2.05) is 0 Å². The Hall–Kier alpha value is -1.50. The van der Waals surface area contributed by atoms with Gasteiger partial charge in [0, 0.05) is 23.3 Å². The summed E-state index contributed by atoms with van der Waals surface area (Å²) in [7, 11) is 3.01. The zero-order valence-corrected chi connectivity index (χ0v) is 11.7. The first-order valence-electron chi connectivity index (χ1n) is 5.27. The van der Waals surface area contributed by atoms with Crippen molar-refractivity contribution in [3.63, 3.8) is 0 Å². The Morgan fingerprint density at radius 1 is 1.32 bits per heavy atom. The molecule has 1 heterocycles. The van der Waals surface area contributed by atoms with Gasteiger partial charge in [-0.2, -0.15) is 13.2 Å². The van der Waals surface area contributed by atoms with Gasteiger partial charge in [0.1, 0.15) is 11.6 Å². The third-order valence-corrected chi connectivity index (χ3v) is 3.27. The number of rotatable bonds is 2. The predicted octanol–water partition coefficient (Wildman–Crippen LogP) is 3.88. The first kappa shape index (κ1) is 13.9. The lowest BCUT2D eigenvalue weighted by atomic mass is 10.2. The van der Waals surface area contributed by atoms with Gasteiger partial charge in [-0.3, -0.25) is 0 Å². The molecule has 1 aromatic carbocycles. The smallest absolute Gasteiger partial charge is 0.434 e. The highest BCUT2D eigenvalue weighted by Crippen LogP contribution is 2.34. The molecule has 1 aromatic heterocycles. The number of methoxy groups -OCH3 is 1. The molecule has 2 rings (SSSR count). The summed E-state index contributed by atoms with van der Waals surface area (Å²) in [6, 6.07) is 5.05. The van der Waals surface area contributed by atoms with Crippen LogP contribution in [0.2, 0.25) is 0 Å². The molecule has 2 aromatic rings. The van der Waals surface area contributed by atoms with Gasteiger partial charge in [0.25, 0.3) is 0 Å². The third-order valence-electron chi connectivity index (χ3n) is 2.58. The van der Waals surface area contributed by atoms with Crippen molar-refractivity contribution in [1.29, 1.82) is 0 Å². The molecule has 0 spiro atoms. The molecule has 0 aliphatic heterocycles. The Labute approximate surface area is 116 Å². The van der Waals surface area contributed by atoms with Crippen LogP contribution in [-0.4, -0.2) is 16.7 Å². The molecule has 3 nitrogen and oxygen atoms in total. The Morgan fingerprint density at radius 2 is 2.00 bits per heavy atom. The fourth-order valence-corrected chi connectivity index (χ4v) is 2.08. The van der Waals surface area contributed by atoms with Gasteiger partial charge in [0.2, 0.25) is 0 Å². The Bertz CT molecular complexity index is 608. The summed E-state index contributed by atoms with van der Waals surface area (Å²) in [5.41, 5.74) is -0.378. The molecule has 0 radical (unpaired) electrons. The van der Waals surface area contributed by atoms with Crippen molar-refractivity contribution in [3.8, 4) is 17.1 Å². The summed E-state index contributed by atoms with van der Waals surface area (Å²) >= 11 is 3.30. The summed E-state index contributed by atoms with van der Waals surface area (Å²) in [6.07, 6.45) is -3.50. The van der Waals surface area contributed by atoms with Crippen LogP contribution in [0.5, 0.6) is 5.75 Å². The van der Waals surface area contributed by atoms with E-state index < -0.39 is 11.9 Å². The van der Waals surface area contributed by atoms with E-state index in [1.54, 1.807) is 18.2 Å². The van der Waals surface area contributed by atoms with Crippen molar-refractivity contribution in [3.05, 3.63) is 34.6 Å². The third kappa shape index (κ3) is 2.75. The second-order valence-electron chi connectivity index (χ2n) is 3.90. The van der Waals surface area contributed by atoms with Gasteiger partial charge in [-0.05, 0) is 18.2 Å². The van der Waals surface area contributed by atoms with Gasteiger partial charge in [-0.15, -0.1) is 0 Å². The first-order valence-corrected chi connectivity index (χ1v) is 6.06. The fourth-order valence-electron chi connectivity index (χ4n) is 1.66. The summed E-state index contributed by atoms with van der Waals surface area (Å²) in [6.45, 7) is 0. The van der Waals surface area contributed by atoms with E-state index in [1.165, 1.54) is 18.7 Å². The van der Waals surface area contributed by atoms with Crippen LogP contribution in [0.15, 0.2) is 28.9 Å². The number of aryl methyl sites for hydroxylation is 1. The molecule has 0 amide bonds. The standard InChI is InChI=1S/C12H10BrF3N2O/c1-18-6-10(12(14,15)16)17-11(18)8-5-7(19-2)3-4-9(8)13/h3-6H,1-2H3. The minimum atomic E-state index is -4.46. The number of hydrogen-bond acceptors (Lipinski definition) is 2. The van der Waals surface area contributed by atoms with Crippen molar-refractivity contribution in [2.24, 2.45) is 7.05 Å². The average molecular weight is 335 g/mol. The molecule has 0 saturated carbocycles. The molecule has 0 unspecified atom stereocenters. The molecule has 0 saturated heterocycles. The maximum atomic E-state index is 12.6. The number of imidazole rings is 1. The van der Waals surface area contributed by atoms with Crippen molar-refractivity contribution >= 4 is 15.9 Å². The number of hydrogen-bond donors (Lipinski definition) is 0. The van der Waals surface area contributed by atoms with Gasteiger partial charge < -0.3 is 9.30 Å². The molecule has 0 bridgehead atoms. The van der Waals surface area contributed by atoms with E-state index in [2.05, 4.69) is 20.9 Å². The lowest BCUT2D eigenvalue weighted by Crippen LogP contribution is -2.04. The minimum Gasteiger partial charge on any atom is -0.497 e. The monoisotopic (exact) mass is 334 g/mol. The molecule has 0 fully saturated rings. The topological polar surface area (TPSA) is 27.1 Å². The molecule has 0 N–H and O–H groups in total. The molecule has 7 heteroatoms. The van der Waals surface area contributed by atoms with E-state index in [-0.39, 0.29) is 5.82 Å². The van der Waals surface area contributed by atoms with Gasteiger partial charge in [0.05, 0.1) is 7.11 Å². The number of benzene rings is 1. The Balaban J connectivity index is 2.56. The van der Waals surface area contributed by atoms with Crippen LogP contribution >= 0.6 is 15.9 Å². The van der Waals surface area contributed by atoms with Crippen LogP contribution in [0.4, 0.5) is 13.2 Å². The van der Waals surface area contributed by atoms with Crippen molar-refractivity contribution in [2.45, 2.75) is 6.18 Å². The molecular formula is C12H10BrF3N2O. The molecule has 19 heavy (non-hydrogen) atoms. The molecule has 0 atom stereocenters. The van der Waals surface area contributed by atoms with E-state index in [9.17, 15) is 13.2 Å². The lowest BCUT2D eigenvalue weighted by molar-refractivity contribution is -0.140. The summed E-state index contributed by atoms with van der Waals surface area (Å²) in [5, 5.41) is 0. The van der Waals surface area contributed by atoms with E-state index in [4.69, 9.17) is 4.74 Å². The summed E-state index contributed by atoms with van der Waals surface area (Å²) in [4.78, 5) is 3.64. The lowest BCUT2D eigenvalue weighted by Gasteiger charge is -2.07. The normalized spacial score (nSPS) is 11.7. The van der Waals surface area contributed by atoms with E-state index in [0.29, 0.717) is 15.8 Å². The van der Waals surface area contributed by atoms with Crippen LogP contribution in [0.1, 0.15) is 5.69 Å². The summed E-state index contributed by atoms with van der Waals surface area (Å²) in [5.74, 6) is 0.771. The van der Waals surface area contributed by atoms with Gasteiger partial charge in [-0.1, -0.05) is 15.9 Å². The number of halogens is 4. The summed E-state index contributed by atoms with van der Waals surface area (Å²) < 4.78 is 44.9. The van der Waals surface area contributed by atoms with E-state index >= 15 is 0 Å². The van der Waals surface area contributed by atoms with Crippen molar-refractivity contribution in [2.75, 3.05) is 7.11 Å². The second-order valence-corrected chi connectivity index (χ2v) is 4.76. The predicted molar refractivity (Wildman–Crippen MR) is 67.9 cm³/mol. The zero-order chi connectivity index (χ0) is 14.2. The van der Waals surface area contributed by atoms with Crippen LogP contribution in [0, 0.1) is 0 Å². The minimum absolute atomic E-state index is 0.220. The Kier molecular flexibility index (Phi) is 3.58. The van der Waals surface area contributed by atoms with Crippen molar-refractivity contribution < 1.29 is 17.9 Å². The first-order chi connectivity index (χ1) is 8.82. The van der Waals surface area contributed by atoms with Gasteiger partial charge in [0.15, 0.2) is 5.69 Å². The van der Waals surface area contributed by atoms with Crippen LogP contribution in [-0.2, 0) is 13.2 Å². The zero-order valence-electron chi connectivity index (χ0n) is 10.1. The highest BCUT2D eigenvalue weighted by molar-refractivity contribution is 9.10. The molecule has 0 aliphatic carbocycles.